The van der Waals surface area contributed by atoms with Gasteiger partial charge >= 0.3 is 0 Å². The molecule has 1 N–H and O–H groups in total. The van der Waals surface area contributed by atoms with Gasteiger partial charge in [-0.3, -0.25) is 5.32 Å². The van der Waals surface area contributed by atoms with Crippen LogP contribution in [-0.4, -0.2) is 11.6 Å². The maximum absolute atomic E-state index is 9.59. The molecule has 0 saturated heterocycles. The first kappa shape index (κ1) is 13.5. The molecule has 0 spiro atoms. The topological polar surface area (TPSA) is 35.8 Å². The van der Waals surface area contributed by atoms with Crippen molar-refractivity contribution in [2.75, 3.05) is 0 Å². The number of hydrogen-bond donors (Lipinski definition) is 1. The van der Waals surface area contributed by atoms with Crippen molar-refractivity contribution in [3.05, 3.63) is 0 Å². The van der Waals surface area contributed by atoms with Crippen LogP contribution in [0.3, 0.4) is 0 Å². The second kappa shape index (κ2) is 5.68. The van der Waals surface area contributed by atoms with Gasteiger partial charge in [0.25, 0.3) is 0 Å². The van der Waals surface area contributed by atoms with E-state index in [-0.39, 0.29) is 5.54 Å². The monoisotopic (exact) mass is 222 g/mol. The fourth-order valence-corrected chi connectivity index (χ4v) is 2.99. The van der Waals surface area contributed by atoms with Crippen LogP contribution >= 0.6 is 0 Å². The molecule has 1 aliphatic rings. The minimum Gasteiger partial charge on any atom is -0.297 e. The summed E-state index contributed by atoms with van der Waals surface area (Å²) in [6.07, 6.45) is 5.80. The molecule has 0 radical (unpaired) electrons. The number of hydrogen-bond acceptors (Lipinski definition) is 2. The highest BCUT2D eigenvalue weighted by Crippen LogP contribution is 2.38. The van der Waals surface area contributed by atoms with E-state index in [0.29, 0.717) is 17.9 Å². The first-order valence-electron chi connectivity index (χ1n) is 6.74. The van der Waals surface area contributed by atoms with E-state index in [9.17, 15) is 5.26 Å². The van der Waals surface area contributed by atoms with Gasteiger partial charge in [0, 0.05) is 6.04 Å². The van der Waals surface area contributed by atoms with Crippen LogP contribution in [0.2, 0.25) is 0 Å². The molecule has 1 aliphatic carbocycles. The van der Waals surface area contributed by atoms with E-state index in [0.717, 1.165) is 12.8 Å². The molecule has 2 heteroatoms. The quantitative estimate of drug-likeness (QED) is 0.790. The van der Waals surface area contributed by atoms with E-state index in [1.165, 1.54) is 19.3 Å². The van der Waals surface area contributed by atoms with Crippen LogP contribution in [0.1, 0.15) is 59.8 Å². The van der Waals surface area contributed by atoms with E-state index in [2.05, 4.69) is 39.1 Å². The molecule has 1 rings (SSSR count). The van der Waals surface area contributed by atoms with Crippen molar-refractivity contribution in [1.82, 2.24) is 5.32 Å². The molecule has 0 aromatic heterocycles. The van der Waals surface area contributed by atoms with E-state index >= 15 is 0 Å². The molecule has 0 heterocycles. The number of nitriles is 1. The first-order chi connectivity index (χ1) is 7.55. The predicted molar refractivity (Wildman–Crippen MR) is 68.0 cm³/mol. The highest BCUT2D eigenvalue weighted by atomic mass is 15.0. The Morgan fingerprint density at radius 1 is 1.38 bits per heavy atom. The van der Waals surface area contributed by atoms with Crippen LogP contribution in [-0.2, 0) is 0 Å². The molecule has 3 unspecified atom stereocenters. The zero-order valence-corrected chi connectivity index (χ0v) is 11.2. The van der Waals surface area contributed by atoms with Crippen LogP contribution < -0.4 is 5.32 Å². The van der Waals surface area contributed by atoms with Crippen molar-refractivity contribution in [3.8, 4) is 6.07 Å². The third-order valence-electron chi connectivity index (χ3n) is 4.09. The van der Waals surface area contributed by atoms with Crippen LogP contribution in [0.25, 0.3) is 0 Å². The molecule has 16 heavy (non-hydrogen) atoms. The summed E-state index contributed by atoms with van der Waals surface area (Å²) >= 11 is 0. The fraction of sp³-hybridized carbons (Fsp3) is 0.929. The standard InChI is InChI=1S/C14H26N2/c1-5-12(4)16-14(10-15)9-7-6-8-13(14)11(2)3/h11-13,16H,5-9H2,1-4H3. The van der Waals surface area contributed by atoms with E-state index in [4.69, 9.17) is 0 Å². The number of nitrogens with zero attached hydrogens (tertiary/aromatic N) is 1. The maximum atomic E-state index is 9.59. The van der Waals surface area contributed by atoms with Gasteiger partial charge in [-0.25, -0.2) is 0 Å². The van der Waals surface area contributed by atoms with Gasteiger partial charge < -0.3 is 0 Å². The number of rotatable bonds is 4. The van der Waals surface area contributed by atoms with Crippen molar-refractivity contribution in [2.45, 2.75) is 71.4 Å². The van der Waals surface area contributed by atoms with Crippen molar-refractivity contribution < 1.29 is 0 Å². The van der Waals surface area contributed by atoms with Crippen molar-refractivity contribution >= 4 is 0 Å². The summed E-state index contributed by atoms with van der Waals surface area (Å²) in [7, 11) is 0. The molecule has 0 aromatic carbocycles. The summed E-state index contributed by atoms with van der Waals surface area (Å²) in [5.74, 6) is 1.11. The average molecular weight is 222 g/mol. The minimum absolute atomic E-state index is 0.262. The smallest absolute Gasteiger partial charge is 0.110 e. The molecule has 0 amide bonds. The van der Waals surface area contributed by atoms with E-state index in [1.54, 1.807) is 0 Å². The predicted octanol–water partition coefficient (Wildman–Crippen LogP) is 3.48. The Morgan fingerprint density at radius 3 is 2.56 bits per heavy atom. The molecular formula is C14H26N2. The van der Waals surface area contributed by atoms with E-state index in [1.807, 2.05) is 0 Å². The molecule has 0 bridgehead atoms. The summed E-state index contributed by atoms with van der Waals surface area (Å²) in [5.41, 5.74) is -0.262. The molecule has 2 nitrogen and oxygen atoms in total. The van der Waals surface area contributed by atoms with Gasteiger partial charge in [0.1, 0.15) is 5.54 Å². The summed E-state index contributed by atoms with van der Waals surface area (Å²) in [6, 6.07) is 3.05. The Bertz CT molecular complexity index is 254. The van der Waals surface area contributed by atoms with Crippen LogP contribution in [0.5, 0.6) is 0 Å². The van der Waals surface area contributed by atoms with Crippen LogP contribution in [0.15, 0.2) is 0 Å². The molecule has 92 valence electrons. The lowest BCUT2D eigenvalue weighted by Crippen LogP contribution is -2.56. The zero-order chi connectivity index (χ0) is 12.2. The van der Waals surface area contributed by atoms with Gasteiger partial charge in [0.15, 0.2) is 0 Å². The lowest BCUT2D eigenvalue weighted by molar-refractivity contribution is 0.138. The Hall–Kier alpha value is -0.550. The van der Waals surface area contributed by atoms with Crippen LogP contribution in [0, 0.1) is 23.2 Å². The molecule has 3 atom stereocenters. The Balaban J connectivity index is 2.84. The molecule has 1 fully saturated rings. The van der Waals surface area contributed by atoms with Gasteiger partial charge in [-0.1, -0.05) is 33.6 Å². The Morgan fingerprint density at radius 2 is 2.06 bits per heavy atom. The van der Waals surface area contributed by atoms with Gasteiger partial charge in [-0.15, -0.1) is 0 Å². The third kappa shape index (κ3) is 2.77. The summed E-state index contributed by atoms with van der Waals surface area (Å²) in [5, 5.41) is 13.2. The van der Waals surface area contributed by atoms with Crippen molar-refractivity contribution in [3.63, 3.8) is 0 Å². The second-order valence-corrected chi connectivity index (χ2v) is 5.63. The normalized spacial score (nSPS) is 32.4. The Labute approximate surface area is 100 Å². The largest absolute Gasteiger partial charge is 0.297 e. The van der Waals surface area contributed by atoms with Gasteiger partial charge in [0.2, 0.25) is 0 Å². The lowest BCUT2D eigenvalue weighted by Gasteiger charge is -2.43. The SMILES string of the molecule is CCC(C)NC1(C#N)CCCCC1C(C)C. The van der Waals surface area contributed by atoms with E-state index < -0.39 is 0 Å². The van der Waals surface area contributed by atoms with Gasteiger partial charge in [0.05, 0.1) is 6.07 Å². The molecule has 1 saturated carbocycles. The molecule has 0 aromatic rings. The third-order valence-corrected chi connectivity index (χ3v) is 4.09. The summed E-state index contributed by atoms with van der Waals surface area (Å²) in [4.78, 5) is 0. The summed E-state index contributed by atoms with van der Waals surface area (Å²) in [6.45, 7) is 8.86. The lowest BCUT2D eigenvalue weighted by atomic mass is 9.68. The zero-order valence-electron chi connectivity index (χ0n) is 11.2. The van der Waals surface area contributed by atoms with Crippen molar-refractivity contribution in [2.24, 2.45) is 11.8 Å². The van der Waals surface area contributed by atoms with Crippen molar-refractivity contribution in [1.29, 1.82) is 5.26 Å². The fourth-order valence-electron chi connectivity index (χ4n) is 2.99. The maximum Gasteiger partial charge on any atom is 0.110 e. The van der Waals surface area contributed by atoms with Crippen LogP contribution in [0.4, 0.5) is 0 Å². The van der Waals surface area contributed by atoms with Gasteiger partial charge in [-0.2, -0.15) is 5.26 Å². The average Bonchev–Trinajstić information content (AvgIpc) is 2.29. The Kier molecular flexibility index (Phi) is 4.80. The first-order valence-corrected chi connectivity index (χ1v) is 6.74. The highest BCUT2D eigenvalue weighted by Gasteiger charge is 2.42. The number of nitrogens with one attached hydrogen (secondary N) is 1. The molecule has 0 aliphatic heterocycles. The van der Waals surface area contributed by atoms with Gasteiger partial charge in [-0.05, 0) is 38.0 Å². The second-order valence-electron chi connectivity index (χ2n) is 5.63. The molecular weight excluding hydrogens is 196 g/mol. The highest BCUT2D eigenvalue weighted by molar-refractivity contribution is 5.13. The summed E-state index contributed by atoms with van der Waals surface area (Å²) < 4.78 is 0. The minimum atomic E-state index is -0.262.